The lowest BCUT2D eigenvalue weighted by molar-refractivity contribution is -0.00507. The van der Waals surface area contributed by atoms with E-state index in [0.717, 1.165) is 18.1 Å². The standard InChI is InChI=1S/C10H16N4O2S/c1-6-4-14(5-7(2)16-6)10-8(9(15)11-3)12-13-17-10/h6-7H,4-5H2,1-3H3,(H,11,15)/t6-,7-/m1/s1. The SMILES string of the molecule is CNC(=O)c1nnsc1N1C[C@@H](C)O[C@H](C)C1. The lowest BCUT2D eigenvalue weighted by Gasteiger charge is -2.35. The number of hydrogen-bond donors (Lipinski definition) is 1. The summed E-state index contributed by atoms with van der Waals surface area (Å²) in [5, 5.41) is 7.29. The highest BCUT2D eigenvalue weighted by Crippen LogP contribution is 2.26. The smallest absolute Gasteiger partial charge is 0.274 e. The van der Waals surface area contributed by atoms with Gasteiger partial charge in [-0.15, -0.1) is 5.10 Å². The third-order valence-electron chi connectivity index (χ3n) is 2.62. The van der Waals surface area contributed by atoms with E-state index < -0.39 is 0 Å². The molecule has 1 amide bonds. The Hall–Kier alpha value is -1.21. The molecule has 1 aromatic heterocycles. The highest BCUT2D eigenvalue weighted by atomic mass is 32.1. The van der Waals surface area contributed by atoms with Gasteiger partial charge in [-0.2, -0.15) is 0 Å². The summed E-state index contributed by atoms with van der Waals surface area (Å²) >= 11 is 1.25. The molecule has 6 nitrogen and oxygen atoms in total. The summed E-state index contributed by atoms with van der Waals surface area (Å²) < 4.78 is 9.53. The Morgan fingerprint density at radius 3 is 2.71 bits per heavy atom. The first kappa shape index (κ1) is 12.3. The molecule has 1 aromatic rings. The fourth-order valence-electron chi connectivity index (χ4n) is 2.00. The van der Waals surface area contributed by atoms with Crippen LogP contribution in [0.2, 0.25) is 0 Å². The van der Waals surface area contributed by atoms with E-state index in [4.69, 9.17) is 4.74 Å². The van der Waals surface area contributed by atoms with Crippen LogP contribution in [0.25, 0.3) is 0 Å². The number of hydrogen-bond acceptors (Lipinski definition) is 6. The van der Waals surface area contributed by atoms with Gasteiger partial charge in [0.15, 0.2) is 5.69 Å². The Balaban J connectivity index is 2.21. The number of ether oxygens (including phenoxy) is 1. The number of amides is 1. The third-order valence-corrected chi connectivity index (χ3v) is 3.41. The van der Waals surface area contributed by atoms with Crippen LogP contribution in [-0.2, 0) is 4.74 Å². The molecule has 17 heavy (non-hydrogen) atoms. The van der Waals surface area contributed by atoms with Gasteiger partial charge in [0, 0.05) is 31.7 Å². The Labute approximate surface area is 104 Å². The molecule has 2 rings (SSSR count). The molecule has 0 unspecified atom stereocenters. The van der Waals surface area contributed by atoms with Crippen LogP contribution < -0.4 is 10.2 Å². The number of carbonyl (C=O) groups excluding carboxylic acids is 1. The van der Waals surface area contributed by atoms with Crippen LogP contribution in [-0.4, -0.2) is 47.8 Å². The third kappa shape index (κ3) is 2.55. The molecule has 0 saturated carbocycles. The van der Waals surface area contributed by atoms with Crippen molar-refractivity contribution in [2.24, 2.45) is 0 Å². The predicted molar refractivity (Wildman–Crippen MR) is 65.5 cm³/mol. The van der Waals surface area contributed by atoms with Crippen molar-refractivity contribution < 1.29 is 9.53 Å². The molecular formula is C10H16N4O2S. The van der Waals surface area contributed by atoms with Crippen LogP contribution in [0, 0.1) is 0 Å². The summed E-state index contributed by atoms with van der Waals surface area (Å²) in [6.45, 7) is 5.57. The number of nitrogens with one attached hydrogen (secondary N) is 1. The lowest BCUT2D eigenvalue weighted by atomic mass is 10.2. The molecule has 0 spiro atoms. The molecular weight excluding hydrogens is 240 g/mol. The fourth-order valence-corrected chi connectivity index (χ4v) is 2.68. The first-order valence-corrected chi connectivity index (χ1v) is 6.34. The van der Waals surface area contributed by atoms with Crippen molar-refractivity contribution in [3.8, 4) is 0 Å². The maximum Gasteiger partial charge on any atom is 0.274 e. The maximum atomic E-state index is 11.6. The molecule has 2 heterocycles. The van der Waals surface area contributed by atoms with E-state index >= 15 is 0 Å². The molecule has 0 radical (unpaired) electrons. The van der Waals surface area contributed by atoms with Crippen LogP contribution in [0.15, 0.2) is 0 Å². The normalized spacial score (nSPS) is 24.8. The number of rotatable bonds is 2. The molecule has 0 aromatic carbocycles. The number of aromatic nitrogens is 2. The van der Waals surface area contributed by atoms with Gasteiger partial charge in [-0.05, 0) is 13.8 Å². The van der Waals surface area contributed by atoms with Crippen LogP contribution >= 0.6 is 11.5 Å². The Morgan fingerprint density at radius 1 is 1.47 bits per heavy atom. The second-order valence-electron chi connectivity index (χ2n) is 4.17. The van der Waals surface area contributed by atoms with E-state index in [1.54, 1.807) is 7.05 Å². The van der Waals surface area contributed by atoms with Crippen molar-refractivity contribution in [1.29, 1.82) is 0 Å². The topological polar surface area (TPSA) is 67.4 Å². The molecule has 1 saturated heterocycles. The van der Waals surface area contributed by atoms with Crippen molar-refractivity contribution in [1.82, 2.24) is 14.9 Å². The molecule has 94 valence electrons. The second kappa shape index (κ2) is 4.97. The van der Waals surface area contributed by atoms with Gasteiger partial charge in [-0.25, -0.2) is 0 Å². The van der Waals surface area contributed by atoms with E-state index in [2.05, 4.69) is 19.8 Å². The van der Waals surface area contributed by atoms with Crippen molar-refractivity contribution in [2.75, 3.05) is 25.0 Å². The van der Waals surface area contributed by atoms with Crippen LogP contribution in [0.5, 0.6) is 0 Å². The van der Waals surface area contributed by atoms with Gasteiger partial charge in [0.2, 0.25) is 0 Å². The molecule has 0 aliphatic carbocycles. The number of nitrogens with zero attached hydrogens (tertiary/aromatic N) is 3. The van der Waals surface area contributed by atoms with Crippen LogP contribution in [0.1, 0.15) is 24.3 Å². The average molecular weight is 256 g/mol. The summed E-state index contributed by atoms with van der Waals surface area (Å²) in [5.41, 5.74) is 0.402. The zero-order valence-electron chi connectivity index (χ0n) is 10.1. The molecule has 2 atom stereocenters. The number of anilines is 1. The zero-order valence-corrected chi connectivity index (χ0v) is 11.0. The van der Waals surface area contributed by atoms with Crippen molar-refractivity contribution >= 4 is 22.4 Å². The predicted octanol–water partition coefficient (Wildman–Crippen LogP) is 0.511. The highest BCUT2D eigenvalue weighted by molar-refractivity contribution is 7.10. The Kier molecular flexibility index (Phi) is 3.58. The van der Waals surface area contributed by atoms with Crippen molar-refractivity contribution in [2.45, 2.75) is 26.1 Å². The quantitative estimate of drug-likeness (QED) is 0.835. The van der Waals surface area contributed by atoms with Gasteiger partial charge >= 0.3 is 0 Å². The molecule has 1 fully saturated rings. The van der Waals surface area contributed by atoms with E-state index in [9.17, 15) is 4.79 Å². The van der Waals surface area contributed by atoms with Crippen molar-refractivity contribution in [3.05, 3.63) is 5.69 Å². The Morgan fingerprint density at radius 2 is 2.12 bits per heavy atom. The maximum absolute atomic E-state index is 11.6. The van der Waals surface area contributed by atoms with Crippen LogP contribution in [0.4, 0.5) is 5.00 Å². The van der Waals surface area contributed by atoms with E-state index in [1.807, 2.05) is 13.8 Å². The number of morpholine rings is 1. The summed E-state index contributed by atoms with van der Waals surface area (Å²) in [7, 11) is 1.59. The van der Waals surface area contributed by atoms with Gasteiger partial charge in [-0.1, -0.05) is 4.49 Å². The fraction of sp³-hybridized carbons (Fsp3) is 0.700. The monoisotopic (exact) mass is 256 g/mol. The van der Waals surface area contributed by atoms with Crippen molar-refractivity contribution in [3.63, 3.8) is 0 Å². The second-order valence-corrected chi connectivity index (χ2v) is 4.90. The molecule has 1 aliphatic heterocycles. The molecule has 1 N–H and O–H groups in total. The first-order valence-electron chi connectivity index (χ1n) is 5.56. The van der Waals surface area contributed by atoms with E-state index in [0.29, 0.717) is 5.69 Å². The van der Waals surface area contributed by atoms with Gasteiger partial charge in [-0.3, -0.25) is 4.79 Å². The van der Waals surface area contributed by atoms with Gasteiger partial charge in [0.1, 0.15) is 5.00 Å². The summed E-state index contributed by atoms with van der Waals surface area (Å²) in [6, 6.07) is 0. The summed E-state index contributed by atoms with van der Waals surface area (Å²) in [6.07, 6.45) is 0.303. The molecule has 1 aliphatic rings. The van der Waals surface area contributed by atoms with E-state index in [1.165, 1.54) is 11.5 Å². The van der Waals surface area contributed by atoms with Gasteiger partial charge in [0.25, 0.3) is 5.91 Å². The molecule has 7 heteroatoms. The lowest BCUT2D eigenvalue weighted by Crippen LogP contribution is -2.45. The van der Waals surface area contributed by atoms with Gasteiger partial charge < -0.3 is 15.0 Å². The van der Waals surface area contributed by atoms with Crippen LogP contribution in [0.3, 0.4) is 0 Å². The van der Waals surface area contributed by atoms with Gasteiger partial charge in [0.05, 0.1) is 12.2 Å². The average Bonchev–Trinajstić information content (AvgIpc) is 2.75. The molecule has 0 bridgehead atoms. The Bertz CT molecular complexity index is 399. The first-order chi connectivity index (χ1) is 8.11. The minimum absolute atomic E-state index is 0.151. The minimum Gasteiger partial charge on any atom is -0.372 e. The zero-order chi connectivity index (χ0) is 12.4. The summed E-state index contributed by atoms with van der Waals surface area (Å²) in [5.74, 6) is -0.194. The number of carbonyl (C=O) groups is 1. The summed E-state index contributed by atoms with van der Waals surface area (Å²) in [4.78, 5) is 13.8. The highest BCUT2D eigenvalue weighted by Gasteiger charge is 2.27. The minimum atomic E-state index is -0.194. The van der Waals surface area contributed by atoms with E-state index in [-0.39, 0.29) is 18.1 Å². The largest absolute Gasteiger partial charge is 0.372 e.